The molecule has 0 bridgehead atoms. The minimum absolute atomic E-state index is 0. The van der Waals surface area contributed by atoms with E-state index in [0.717, 1.165) is 5.56 Å². The van der Waals surface area contributed by atoms with Crippen molar-refractivity contribution in [2.45, 2.75) is 6.42 Å². The number of nitrogens with zero attached hydrogens (tertiary/aromatic N) is 1. The van der Waals surface area contributed by atoms with E-state index in [2.05, 4.69) is 9.97 Å². The van der Waals surface area contributed by atoms with Gasteiger partial charge in [0.1, 0.15) is 17.5 Å². The first-order valence-electron chi connectivity index (χ1n) is 4.95. The topological polar surface area (TPSA) is 80.7 Å². The quantitative estimate of drug-likeness (QED) is 0.580. The van der Waals surface area contributed by atoms with E-state index in [1.807, 2.05) is 0 Å². The Morgan fingerprint density at radius 1 is 1.22 bits per heavy atom. The zero-order chi connectivity index (χ0) is 12.4. The third-order valence-corrected chi connectivity index (χ3v) is 2.59. The third kappa shape index (κ3) is 3.84. The first kappa shape index (κ1) is 15.7. The van der Waals surface area contributed by atoms with Gasteiger partial charge in [-0.15, -0.1) is 0 Å². The second-order valence-electron chi connectivity index (χ2n) is 3.62. The Hall–Kier alpha value is -0.314. The van der Waals surface area contributed by atoms with Crippen LogP contribution >= 0.6 is 12.2 Å². The molecule has 0 amide bonds. The number of aromatic amines is 1. The number of H-pyrrole nitrogens is 1. The number of aromatic nitrogens is 2. The van der Waals surface area contributed by atoms with Crippen molar-refractivity contribution in [3.8, 4) is 0 Å². The second-order valence-corrected chi connectivity index (χ2v) is 4.01. The van der Waals surface area contributed by atoms with E-state index in [1.165, 1.54) is 12.1 Å². The van der Waals surface area contributed by atoms with Gasteiger partial charge in [-0.1, -0.05) is 12.1 Å². The summed E-state index contributed by atoms with van der Waals surface area (Å²) < 4.78 is 13.0. The van der Waals surface area contributed by atoms with Crippen molar-refractivity contribution in [1.82, 2.24) is 9.97 Å². The van der Waals surface area contributed by atoms with Crippen molar-refractivity contribution < 1.29 is 4.39 Å². The molecule has 0 saturated carbocycles. The van der Waals surface area contributed by atoms with Crippen molar-refractivity contribution in [2.75, 3.05) is 11.5 Å². The number of halogens is 1. The van der Waals surface area contributed by atoms with Gasteiger partial charge in [0.05, 0.1) is 0 Å². The van der Waals surface area contributed by atoms with Crippen LogP contribution in [0.2, 0.25) is 0 Å². The van der Waals surface area contributed by atoms with Gasteiger partial charge in [-0.2, -0.15) is 0 Å². The van der Waals surface area contributed by atoms with E-state index in [1.54, 1.807) is 12.1 Å². The summed E-state index contributed by atoms with van der Waals surface area (Å²) in [7, 11) is 0. The van der Waals surface area contributed by atoms with E-state index < -0.39 is 0 Å². The predicted molar refractivity (Wildman–Crippen MR) is 73.2 cm³/mol. The Balaban J connectivity index is 0.00000162. The maximum absolute atomic E-state index is 12.8. The molecule has 0 spiro atoms. The maximum atomic E-state index is 12.8. The van der Waals surface area contributed by atoms with Gasteiger partial charge >= 0.3 is 0 Å². The molecule has 4 nitrogen and oxygen atoms in total. The summed E-state index contributed by atoms with van der Waals surface area (Å²) in [4.78, 5) is 6.67. The molecule has 0 fully saturated rings. The van der Waals surface area contributed by atoms with Gasteiger partial charge in [0.2, 0.25) is 0 Å². The van der Waals surface area contributed by atoms with Gasteiger partial charge in [0.15, 0.2) is 4.77 Å². The van der Waals surface area contributed by atoms with E-state index in [-0.39, 0.29) is 62.0 Å². The minimum atomic E-state index is -0.278. The number of anilines is 2. The van der Waals surface area contributed by atoms with Gasteiger partial charge < -0.3 is 16.5 Å². The fraction of sp³-hybridized carbons (Fsp3) is 0.0909. The van der Waals surface area contributed by atoms with Crippen LogP contribution in [0.15, 0.2) is 24.3 Å². The Kier molecular flexibility index (Phi) is 5.89. The molecule has 0 aliphatic carbocycles. The number of rotatable bonds is 2. The van der Waals surface area contributed by atoms with Crippen LogP contribution in [-0.4, -0.2) is 61.4 Å². The Bertz CT molecular complexity index is 571. The van der Waals surface area contributed by atoms with Crippen molar-refractivity contribution in [2.24, 2.45) is 0 Å². The number of nitrogens with two attached hydrogens (primary N) is 2. The zero-order valence-corrected chi connectivity index (χ0v) is 13.8. The Labute approximate surface area is 151 Å². The fourth-order valence-corrected chi connectivity index (χ4v) is 1.73. The SMILES string of the molecule is Nc1nc(=S)[nH]c(N)c1Cc1ccc(F)cc1.[K]. The summed E-state index contributed by atoms with van der Waals surface area (Å²) in [6.45, 7) is 0. The molecule has 1 aromatic heterocycles. The molecule has 1 aromatic carbocycles. The summed E-state index contributed by atoms with van der Waals surface area (Å²) >= 11 is 4.85. The van der Waals surface area contributed by atoms with Crippen molar-refractivity contribution >= 4 is 75.2 Å². The molecular formula is C11H11FKN4S. The van der Waals surface area contributed by atoms with Gasteiger partial charge in [-0.3, -0.25) is 0 Å². The first-order chi connectivity index (χ1) is 8.06. The predicted octanol–water partition coefficient (Wildman–Crippen LogP) is 1.65. The molecule has 2 aromatic rings. The fourth-order valence-electron chi connectivity index (χ4n) is 1.53. The molecule has 0 aliphatic heterocycles. The molecule has 2 rings (SSSR count). The molecule has 0 unspecified atom stereocenters. The molecule has 5 N–H and O–H groups in total. The number of nitrogen functional groups attached to an aromatic ring is 2. The maximum Gasteiger partial charge on any atom is 0.200 e. The van der Waals surface area contributed by atoms with Crippen LogP contribution in [0, 0.1) is 10.6 Å². The first-order valence-corrected chi connectivity index (χ1v) is 5.35. The van der Waals surface area contributed by atoms with Crippen molar-refractivity contribution in [3.05, 3.63) is 46.0 Å². The molecule has 0 atom stereocenters. The molecule has 18 heavy (non-hydrogen) atoms. The van der Waals surface area contributed by atoms with E-state index >= 15 is 0 Å². The normalized spacial score (nSPS) is 9.83. The third-order valence-electron chi connectivity index (χ3n) is 2.39. The molecule has 1 radical (unpaired) electrons. The van der Waals surface area contributed by atoms with Gasteiger partial charge in [0.25, 0.3) is 0 Å². The second kappa shape index (κ2) is 6.74. The molecule has 89 valence electrons. The van der Waals surface area contributed by atoms with E-state index in [0.29, 0.717) is 23.6 Å². The van der Waals surface area contributed by atoms with Gasteiger partial charge in [0, 0.05) is 63.4 Å². The van der Waals surface area contributed by atoms with Crippen LogP contribution in [0.1, 0.15) is 11.1 Å². The zero-order valence-electron chi connectivity index (χ0n) is 9.90. The smallest absolute Gasteiger partial charge is 0.200 e. The summed E-state index contributed by atoms with van der Waals surface area (Å²) in [5.41, 5.74) is 13.1. The largest absolute Gasteiger partial charge is 0.385 e. The molecule has 7 heteroatoms. The molecular weight excluding hydrogens is 278 g/mol. The van der Waals surface area contributed by atoms with Crippen molar-refractivity contribution in [1.29, 1.82) is 0 Å². The Morgan fingerprint density at radius 3 is 2.39 bits per heavy atom. The molecule has 1 heterocycles. The van der Waals surface area contributed by atoms with E-state index in [9.17, 15) is 4.39 Å². The average molecular weight is 289 g/mol. The van der Waals surface area contributed by atoms with Crippen LogP contribution < -0.4 is 11.5 Å². The minimum Gasteiger partial charge on any atom is -0.385 e. The van der Waals surface area contributed by atoms with Crippen LogP contribution in [-0.2, 0) is 6.42 Å². The number of nitrogens with one attached hydrogen (secondary N) is 1. The number of hydrogen-bond acceptors (Lipinski definition) is 4. The van der Waals surface area contributed by atoms with E-state index in [4.69, 9.17) is 23.7 Å². The van der Waals surface area contributed by atoms with Crippen LogP contribution in [0.5, 0.6) is 0 Å². The monoisotopic (exact) mass is 289 g/mol. The summed E-state index contributed by atoms with van der Waals surface area (Å²) in [6, 6.07) is 6.13. The Morgan fingerprint density at radius 2 is 1.83 bits per heavy atom. The summed E-state index contributed by atoms with van der Waals surface area (Å²) in [6.07, 6.45) is 0.483. The van der Waals surface area contributed by atoms with Crippen LogP contribution in [0.3, 0.4) is 0 Å². The number of benzene rings is 1. The van der Waals surface area contributed by atoms with Crippen LogP contribution in [0.25, 0.3) is 0 Å². The summed E-state index contributed by atoms with van der Waals surface area (Å²) in [5, 5.41) is 0. The molecule has 0 aliphatic rings. The van der Waals surface area contributed by atoms with Gasteiger partial charge in [-0.25, -0.2) is 9.37 Å². The van der Waals surface area contributed by atoms with Crippen LogP contribution in [0.4, 0.5) is 16.0 Å². The average Bonchev–Trinajstić information content (AvgIpc) is 2.26. The summed E-state index contributed by atoms with van der Waals surface area (Å²) in [5.74, 6) is 0.419. The van der Waals surface area contributed by atoms with Gasteiger partial charge in [-0.05, 0) is 29.9 Å². The van der Waals surface area contributed by atoms with Crippen molar-refractivity contribution in [3.63, 3.8) is 0 Å². The number of hydrogen-bond donors (Lipinski definition) is 3. The standard InChI is InChI=1S/C11H11FN4S.K/c12-7-3-1-6(2-4-7)5-8-9(13)15-11(17)16-10(8)14;/h1-4H,5H2,(H5,13,14,15,16,17);. The molecule has 0 saturated heterocycles.